The molecule has 0 saturated heterocycles. The van der Waals surface area contributed by atoms with Crippen molar-refractivity contribution in [3.63, 3.8) is 0 Å². The van der Waals surface area contributed by atoms with E-state index in [1.54, 1.807) is 18.2 Å². The van der Waals surface area contributed by atoms with E-state index in [-0.39, 0.29) is 12.4 Å². The van der Waals surface area contributed by atoms with Crippen LogP contribution in [-0.4, -0.2) is 10.1 Å². The van der Waals surface area contributed by atoms with Crippen molar-refractivity contribution < 1.29 is 13.7 Å². The molecule has 1 aromatic heterocycles. The summed E-state index contributed by atoms with van der Waals surface area (Å²) in [7, 11) is 0. The lowest BCUT2D eigenvalue weighted by Crippen LogP contribution is -1.97. The molecule has 1 aromatic carbocycles. The van der Waals surface area contributed by atoms with Gasteiger partial charge < -0.3 is 9.26 Å². The number of ether oxygens (including phenoxy) is 1. The van der Waals surface area contributed by atoms with Gasteiger partial charge in [-0.1, -0.05) is 24.2 Å². The summed E-state index contributed by atoms with van der Waals surface area (Å²) >= 11 is 0. The van der Waals surface area contributed by atoms with Gasteiger partial charge >= 0.3 is 0 Å². The Kier molecular flexibility index (Phi) is 3.14. The number of halogens is 1. The molecule has 5 heteroatoms. The molecule has 0 atom stereocenters. The number of aromatic nitrogens is 2. The number of hydrogen-bond acceptors (Lipinski definition) is 4. The number of para-hydroxylation sites is 1. The van der Waals surface area contributed by atoms with Crippen LogP contribution in [0.4, 0.5) is 4.39 Å². The maximum absolute atomic E-state index is 13.2. The van der Waals surface area contributed by atoms with Crippen molar-refractivity contribution in [1.29, 1.82) is 0 Å². The number of benzene rings is 1. The molecule has 0 spiro atoms. The van der Waals surface area contributed by atoms with Crippen LogP contribution in [0.1, 0.15) is 18.6 Å². The van der Waals surface area contributed by atoms with Crippen molar-refractivity contribution in [3.8, 4) is 5.75 Å². The summed E-state index contributed by atoms with van der Waals surface area (Å²) in [6.45, 7) is 2.00. The zero-order valence-electron chi connectivity index (χ0n) is 8.81. The third-order valence-electron chi connectivity index (χ3n) is 2.01. The maximum atomic E-state index is 13.2. The quantitative estimate of drug-likeness (QED) is 0.796. The Bertz CT molecular complexity index is 471. The van der Waals surface area contributed by atoms with Gasteiger partial charge in [-0.3, -0.25) is 0 Å². The van der Waals surface area contributed by atoms with Gasteiger partial charge in [-0.15, -0.1) is 0 Å². The van der Waals surface area contributed by atoms with E-state index in [1.807, 2.05) is 6.92 Å². The Balaban J connectivity index is 1.99. The van der Waals surface area contributed by atoms with E-state index in [2.05, 4.69) is 10.1 Å². The second kappa shape index (κ2) is 4.74. The minimum atomic E-state index is -0.405. The van der Waals surface area contributed by atoms with Crippen LogP contribution in [0.5, 0.6) is 5.75 Å². The average Bonchev–Trinajstić information content (AvgIpc) is 2.76. The Morgan fingerprint density at radius 3 is 2.88 bits per heavy atom. The first-order valence-corrected chi connectivity index (χ1v) is 4.98. The summed E-state index contributed by atoms with van der Waals surface area (Å²) < 4.78 is 23.3. The molecule has 0 aliphatic rings. The molecule has 4 nitrogen and oxygen atoms in total. The van der Waals surface area contributed by atoms with Gasteiger partial charge in [-0.25, -0.2) is 4.39 Å². The fourth-order valence-electron chi connectivity index (χ4n) is 1.19. The monoisotopic (exact) mass is 222 g/mol. The first-order chi connectivity index (χ1) is 7.79. The maximum Gasteiger partial charge on any atom is 0.264 e. The van der Waals surface area contributed by atoms with E-state index in [9.17, 15) is 4.39 Å². The summed E-state index contributed by atoms with van der Waals surface area (Å²) in [6.07, 6.45) is 0.698. The summed E-state index contributed by atoms with van der Waals surface area (Å²) in [5.74, 6) is 0.740. The molecule has 0 amide bonds. The number of aryl methyl sites for hydroxylation is 1. The van der Waals surface area contributed by atoms with Crippen LogP contribution < -0.4 is 4.74 Å². The molecule has 0 aliphatic heterocycles. The molecule has 0 radical (unpaired) electrons. The van der Waals surface area contributed by atoms with E-state index in [1.165, 1.54) is 6.07 Å². The second-order valence-corrected chi connectivity index (χ2v) is 3.18. The van der Waals surface area contributed by atoms with Crippen molar-refractivity contribution >= 4 is 0 Å². The summed E-state index contributed by atoms with van der Waals surface area (Å²) in [6, 6.07) is 6.18. The van der Waals surface area contributed by atoms with Gasteiger partial charge in [0, 0.05) is 6.42 Å². The normalized spacial score (nSPS) is 10.4. The molecule has 0 aliphatic carbocycles. The van der Waals surface area contributed by atoms with E-state index in [4.69, 9.17) is 9.26 Å². The molecule has 2 aromatic rings. The van der Waals surface area contributed by atoms with Gasteiger partial charge in [0.05, 0.1) is 0 Å². The van der Waals surface area contributed by atoms with Crippen LogP contribution in [0, 0.1) is 5.82 Å². The lowest BCUT2D eigenvalue weighted by molar-refractivity contribution is 0.234. The number of nitrogens with zero attached hydrogens (tertiary/aromatic N) is 2. The van der Waals surface area contributed by atoms with Crippen molar-refractivity contribution in [2.45, 2.75) is 20.0 Å². The SMILES string of the molecule is CCc1noc(COc2ccccc2F)n1. The summed E-state index contributed by atoms with van der Waals surface area (Å²) in [5.41, 5.74) is 0. The van der Waals surface area contributed by atoms with Crippen LogP contribution in [0.15, 0.2) is 28.8 Å². The Morgan fingerprint density at radius 1 is 1.38 bits per heavy atom. The van der Waals surface area contributed by atoms with Gasteiger partial charge in [0.25, 0.3) is 5.89 Å². The van der Waals surface area contributed by atoms with Gasteiger partial charge in [0.1, 0.15) is 0 Å². The number of hydrogen-bond donors (Lipinski definition) is 0. The van der Waals surface area contributed by atoms with E-state index >= 15 is 0 Å². The van der Waals surface area contributed by atoms with Crippen LogP contribution in [0.2, 0.25) is 0 Å². The highest BCUT2D eigenvalue weighted by molar-refractivity contribution is 5.23. The van der Waals surface area contributed by atoms with Crippen LogP contribution >= 0.6 is 0 Å². The molecule has 84 valence electrons. The molecule has 0 N–H and O–H groups in total. The summed E-state index contributed by atoms with van der Waals surface area (Å²) in [5, 5.41) is 3.71. The largest absolute Gasteiger partial charge is 0.481 e. The Hall–Kier alpha value is -1.91. The first-order valence-electron chi connectivity index (χ1n) is 4.98. The van der Waals surface area contributed by atoms with Crippen molar-refractivity contribution in [1.82, 2.24) is 10.1 Å². The zero-order chi connectivity index (χ0) is 11.4. The van der Waals surface area contributed by atoms with Crippen molar-refractivity contribution in [2.75, 3.05) is 0 Å². The number of rotatable bonds is 4. The predicted molar refractivity (Wildman–Crippen MR) is 54.4 cm³/mol. The zero-order valence-corrected chi connectivity index (χ0v) is 8.81. The van der Waals surface area contributed by atoms with Gasteiger partial charge in [-0.2, -0.15) is 4.98 Å². The molecule has 16 heavy (non-hydrogen) atoms. The minimum Gasteiger partial charge on any atom is -0.481 e. The molecule has 0 fully saturated rings. The molecule has 0 unspecified atom stereocenters. The predicted octanol–water partition coefficient (Wildman–Crippen LogP) is 2.35. The molecular weight excluding hydrogens is 211 g/mol. The standard InChI is InChI=1S/C11H11FN2O2/c1-2-10-13-11(16-14-10)7-15-9-6-4-3-5-8(9)12/h3-6H,2,7H2,1H3. The minimum absolute atomic E-state index is 0.0773. The fourth-order valence-corrected chi connectivity index (χ4v) is 1.19. The third kappa shape index (κ3) is 2.36. The Morgan fingerprint density at radius 2 is 2.19 bits per heavy atom. The first kappa shape index (κ1) is 10.6. The second-order valence-electron chi connectivity index (χ2n) is 3.18. The lowest BCUT2D eigenvalue weighted by atomic mass is 10.3. The van der Waals surface area contributed by atoms with E-state index in [0.717, 1.165) is 0 Å². The molecule has 1 heterocycles. The van der Waals surface area contributed by atoms with Gasteiger partial charge in [0.2, 0.25) is 0 Å². The molecule has 0 saturated carbocycles. The van der Waals surface area contributed by atoms with Crippen molar-refractivity contribution in [3.05, 3.63) is 41.8 Å². The highest BCUT2D eigenvalue weighted by atomic mass is 19.1. The molecule has 2 rings (SSSR count). The van der Waals surface area contributed by atoms with E-state index < -0.39 is 5.82 Å². The molecular formula is C11H11FN2O2. The van der Waals surface area contributed by atoms with Gasteiger partial charge in [0.15, 0.2) is 24.0 Å². The third-order valence-corrected chi connectivity index (χ3v) is 2.01. The average molecular weight is 222 g/mol. The summed E-state index contributed by atoms with van der Waals surface area (Å²) in [4.78, 5) is 4.05. The van der Waals surface area contributed by atoms with E-state index in [0.29, 0.717) is 18.1 Å². The van der Waals surface area contributed by atoms with Crippen LogP contribution in [0.3, 0.4) is 0 Å². The smallest absolute Gasteiger partial charge is 0.264 e. The van der Waals surface area contributed by atoms with Crippen LogP contribution in [-0.2, 0) is 13.0 Å². The topological polar surface area (TPSA) is 48.2 Å². The molecule has 0 bridgehead atoms. The highest BCUT2D eigenvalue weighted by Gasteiger charge is 2.07. The lowest BCUT2D eigenvalue weighted by Gasteiger charge is -2.02. The van der Waals surface area contributed by atoms with Crippen LogP contribution in [0.25, 0.3) is 0 Å². The highest BCUT2D eigenvalue weighted by Crippen LogP contribution is 2.16. The van der Waals surface area contributed by atoms with Crippen molar-refractivity contribution in [2.24, 2.45) is 0 Å². The van der Waals surface area contributed by atoms with Gasteiger partial charge in [-0.05, 0) is 12.1 Å². The fraction of sp³-hybridized carbons (Fsp3) is 0.273. The Labute approximate surface area is 92.0 Å².